The maximum absolute atomic E-state index is 13.6. The number of rotatable bonds is 4. The Morgan fingerprint density at radius 3 is 2.60 bits per heavy atom. The van der Waals surface area contributed by atoms with Crippen LogP contribution in [0.5, 0.6) is 0 Å². The van der Waals surface area contributed by atoms with Gasteiger partial charge in [0.2, 0.25) is 0 Å². The molecule has 0 aromatic heterocycles. The molecule has 0 heterocycles. The Hall–Kier alpha value is -0.410. The predicted octanol–water partition coefficient (Wildman–Crippen LogP) is 3.51. The van der Waals surface area contributed by atoms with Gasteiger partial charge in [-0.1, -0.05) is 35.8 Å². The van der Waals surface area contributed by atoms with Crippen molar-refractivity contribution in [2.24, 2.45) is 11.1 Å². The fourth-order valence-corrected chi connectivity index (χ4v) is 1.99. The third-order valence-electron chi connectivity index (χ3n) is 2.51. The summed E-state index contributed by atoms with van der Waals surface area (Å²) in [5, 5.41) is 0. The highest BCUT2D eigenvalue weighted by molar-refractivity contribution is 9.10. The van der Waals surface area contributed by atoms with Crippen molar-refractivity contribution in [3.63, 3.8) is 0 Å². The zero-order valence-corrected chi connectivity index (χ0v) is 10.8. The second-order valence-corrected chi connectivity index (χ2v) is 5.53. The lowest BCUT2D eigenvalue weighted by molar-refractivity contribution is 0.333. The Bertz CT molecular complexity index is 336. The van der Waals surface area contributed by atoms with Crippen LogP contribution in [0.15, 0.2) is 22.7 Å². The van der Waals surface area contributed by atoms with E-state index in [2.05, 4.69) is 29.8 Å². The molecule has 2 N–H and O–H groups in total. The second kappa shape index (κ2) is 5.08. The largest absolute Gasteiger partial charge is 0.330 e. The van der Waals surface area contributed by atoms with Gasteiger partial charge in [-0.05, 0) is 42.5 Å². The van der Waals surface area contributed by atoms with E-state index in [-0.39, 0.29) is 11.2 Å². The van der Waals surface area contributed by atoms with Crippen molar-refractivity contribution in [1.29, 1.82) is 0 Å². The molecule has 0 saturated carbocycles. The molecule has 0 fully saturated rings. The fraction of sp³-hybridized carbons (Fsp3) is 0.500. The van der Waals surface area contributed by atoms with Crippen molar-refractivity contribution in [3.05, 3.63) is 34.1 Å². The Kier molecular flexibility index (Phi) is 4.29. The molecular weight excluding hydrogens is 257 g/mol. The third kappa shape index (κ3) is 3.92. The minimum absolute atomic E-state index is 0.0589. The van der Waals surface area contributed by atoms with Gasteiger partial charge in [0.05, 0.1) is 0 Å². The Morgan fingerprint density at radius 1 is 1.40 bits per heavy atom. The van der Waals surface area contributed by atoms with Gasteiger partial charge in [0.1, 0.15) is 5.82 Å². The molecule has 1 aromatic carbocycles. The van der Waals surface area contributed by atoms with Crippen LogP contribution in [-0.2, 0) is 6.42 Å². The van der Waals surface area contributed by atoms with E-state index < -0.39 is 0 Å². The molecular formula is C12H17BrFN. The molecule has 15 heavy (non-hydrogen) atoms. The van der Waals surface area contributed by atoms with E-state index >= 15 is 0 Å². The third-order valence-corrected chi connectivity index (χ3v) is 3.00. The van der Waals surface area contributed by atoms with Gasteiger partial charge in [-0.2, -0.15) is 0 Å². The van der Waals surface area contributed by atoms with Crippen molar-refractivity contribution in [2.75, 3.05) is 6.54 Å². The smallest absolute Gasteiger partial charge is 0.127 e. The van der Waals surface area contributed by atoms with E-state index in [1.54, 1.807) is 0 Å². The maximum Gasteiger partial charge on any atom is 0.127 e. The van der Waals surface area contributed by atoms with E-state index in [1.807, 2.05) is 12.1 Å². The molecule has 0 atom stereocenters. The van der Waals surface area contributed by atoms with E-state index in [0.29, 0.717) is 6.54 Å². The molecule has 0 aliphatic rings. The topological polar surface area (TPSA) is 26.0 Å². The lowest BCUT2D eigenvalue weighted by Crippen LogP contribution is -2.20. The van der Waals surface area contributed by atoms with Gasteiger partial charge in [0.25, 0.3) is 0 Å². The van der Waals surface area contributed by atoms with Crippen LogP contribution < -0.4 is 5.73 Å². The summed E-state index contributed by atoms with van der Waals surface area (Å²) >= 11 is 3.25. The lowest BCUT2D eigenvalue weighted by atomic mass is 9.82. The van der Waals surface area contributed by atoms with Gasteiger partial charge in [-0.25, -0.2) is 4.39 Å². The monoisotopic (exact) mass is 273 g/mol. The molecule has 0 aliphatic heterocycles. The maximum atomic E-state index is 13.6. The van der Waals surface area contributed by atoms with Crippen LogP contribution in [0.4, 0.5) is 4.39 Å². The molecule has 0 unspecified atom stereocenters. The minimum atomic E-state index is -0.144. The zero-order valence-electron chi connectivity index (χ0n) is 9.19. The summed E-state index contributed by atoms with van der Waals surface area (Å²) in [7, 11) is 0. The van der Waals surface area contributed by atoms with Crippen LogP contribution in [0.3, 0.4) is 0 Å². The van der Waals surface area contributed by atoms with Gasteiger partial charge in [-0.15, -0.1) is 0 Å². The summed E-state index contributed by atoms with van der Waals surface area (Å²) in [6.45, 7) is 4.87. The van der Waals surface area contributed by atoms with E-state index in [1.165, 1.54) is 6.07 Å². The molecule has 1 rings (SSSR count). The molecule has 0 bridgehead atoms. The summed E-state index contributed by atoms with van der Waals surface area (Å²) in [6, 6.07) is 5.21. The van der Waals surface area contributed by atoms with Gasteiger partial charge in [0, 0.05) is 4.47 Å². The fourth-order valence-electron chi connectivity index (χ4n) is 1.66. The molecule has 0 radical (unpaired) electrons. The number of benzene rings is 1. The Balaban J connectivity index is 2.80. The summed E-state index contributed by atoms with van der Waals surface area (Å²) < 4.78 is 14.3. The van der Waals surface area contributed by atoms with Crippen molar-refractivity contribution in [1.82, 2.24) is 0 Å². The summed E-state index contributed by atoms with van der Waals surface area (Å²) in [4.78, 5) is 0. The van der Waals surface area contributed by atoms with Gasteiger partial charge < -0.3 is 5.73 Å². The van der Waals surface area contributed by atoms with Crippen LogP contribution >= 0.6 is 15.9 Å². The number of hydrogen-bond acceptors (Lipinski definition) is 1. The second-order valence-electron chi connectivity index (χ2n) is 4.62. The number of nitrogens with two attached hydrogens (primary N) is 1. The molecule has 3 heteroatoms. The Morgan fingerprint density at radius 2 is 2.07 bits per heavy atom. The number of halogens is 2. The molecule has 1 nitrogen and oxygen atoms in total. The summed E-state index contributed by atoms with van der Waals surface area (Å²) in [5.74, 6) is -0.144. The molecule has 1 aromatic rings. The summed E-state index contributed by atoms with van der Waals surface area (Å²) in [6.07, 6.45) is 1.63. The van der Waals surface area contributed by atoms with Gasteiger partial charge >= 0.3 is 0 Å². The van der Waals surface area contributed by atoms with Gasteiger partial charge in [0.15, 0.2) is 0 Å². The first-order chi connectivity index (χ1) is 6.94. The normalized spacial score (nSPS) is 11.8. The van der Waals surface area contributed by atoms with Crippen molar-refractivity contribution in [3.8, 4) is 0 Å². The summed E-state index contributed by atoms with van der Waals surface area (Å²) in [5.41, 5.74) is 6.35. The van der Waals surface area contributed by atoms with Crippen LogP contribution in [0.25, 0.3) is 0 Å². The first-order valence-electron chi connectivity index (χ1n) is 5.08. The molecule has 0 spiro atoms. The lowest BCUT2D eigenvalue weighted by Gasteiger charge is -2.24. The predicted molar refractivity (Wildman–Crippen MR) is 65.3 cm³/mol. The highest BCUT2D eigenvalue weighted by atomic mass is 79.9. The van der Waals surface area contributed by atoms with Crippen LogP contribution in [0, 0.1) is 11.2 Å². The van der Waals surface area contributed by atoms with Gasteiger partial charge in [-0.3, -0.25) is 0 Å². The standard InChI is InChI=1S/C12H17BrFN/c1-12(2,5-6-15)8-9-3-4-10(13)7-11(9)14/h3-4,7H,5-6,8,15H2,1-2H3. The first-order valence-corrected chi connectivity index (χ1v) is 5.88. The van der Waals surface area contributed by atoms with Crippen LogP contribution in [0.2, 0.25) is 0 Å². The highest BCUT2D eigenvalue weighted by Crippen LogP contribution is 2.27. The SMILES string of the molecule is CC(C)(CCN)Cc1ccc(Br)cc1F. The van der Waals surface area contributed by atoms with E-state index in [9.17, 15) is 4.39 Å². The average Bonchev–Trinajstić information content (AvgIpc) is 2.09. The highest BCUT2D eigenvalue weighted by Gasteiger charge is 2.19. The molecule has 0 amide bonds. The van der Waals surface area contributed by atoms with E-state index in [0.717, 1.165) is 22.9 Å². The van der Waals surface area contributed by atoms with Crippen molar-refractivity contribution >= 4 is 15.9 Å². The quantitative estimate of drug-likeness (QED) is 0.893. The molecule has 84 valence electrons. The van der Waals surface area contributed by atoms with Crippen LogP contribution in [-0.4, -0.2) is 6.54 Å². The minimum Gasteiger partial charge on any atom is -0.330 e. The van der Waals surface area contributed by atoms with Crippen molar-refractivity contribution in [2.45, 2.75) is 26.7 Å². The molecule has 0 aliphatic carbocycles. The average molecular weight is 274 g/mol. The Labute approximate surface area is 99.0 Å². The zero-order chi connectivity index (χ0) is 11.5. The van der Waals surface area contributed by atoms with Crippen molar-refractivity contribution < 1.29 is 4.39 Å². The van der Waals surface area contributed by atoms with Crippen LogP contribution in [0.1, 0.15) is 25.8 Å². The molecule has 0 saturated heterocycles. The number of hydrogen-bond donors (Lipinski definition) is 1. The van der Waals surface area contributed by atoms with E-state index in [4.69, 9.17) is 5.73 Å². The first kappa shape index (κ1) is 12.7.